The lowest BCUT2D eigenvalue weighted by atomic mass is 10.0. The number of aryl methyl sites for hydroxylation is 1. The number of primary amides is 1. The Kier molecular flexibility index (Phi) is 5.35. The second kappa shape index (κ2) is 7.24. The number of amides is 1. The smallest absolute Gasteiger partial charge is 0.252 e. The average Bonchev–Trinajstić information content (AvgIpc) is 2.91. The number of anilines is 1. The van der Waals surface area contributed by atoms with Gasteiger partial charge >= 0.3 is 0 Å². The Labute approximate surface area is 131 Å². The molecule has 0 aliphatic heterocycles. The van der Waals surface area contributed by atoms with E-state index in [2.05, 4.69) is 29.2 Å². The molecule has 0 radical (unpaired) electrons. The third kappa shape index (κ3) is 3.21. The maximum atomic E-state index is 11.8. The Morgan fingerprint density at radius 3 is 2.50 bits per heavy atom. The molecule has 2 heterocycles. The maximum absolute atomic E-state index is 11.8. The standard InChI is InChI=1S/C16H25N5O/c1-4-7-11(8-5-2)20-14-12(15(17)22)9-18-16-13(14)10-19-21(16)6-3/h9-11H,4-8H2,1-3H3,(H2,17,22)(H,18,20). The van der Waals surface area contributed by atoms with Gasteiger partial charge in [0.2, 0.25) is 0 Å². The van der Waals surface area contributed by atoms with E-state index in [9.17, 15) is 4.79 Å². The van der Waals surface area contributed by atoms with E-state index in [1.54, 1.807) is 12.4 Å². The quantitative estimate of drug-likeness (QED) is 0.785. The summed E-state index contributed by atoms with van der Waals surface area (Å²) in [5.74, 6) is -0.465. The van der Waals surface area contributed by atoms with Crippen LogP contribution in [0.5, 0.6) is 0 Å². The number of rotatable bonds is 8. The molecule has 6 heteroatoms. The second-order valence-corrected chi connectivity index (χ2v) is 5.53. The van der Waals surface area contributed by atoms with Gasteiger partial charge in [-0.1, -0.05) is 26.7 Å². The molecule has 0 aliphatic carbocycles. The van der Waals surface area contributed by atoms with Crippen LogP contribution in [0.3, 0.4) is 0 Å². The number of nitrogens with zero attached hydrogens (tertiary/aromatic N) is 3. The summed E-state index contributed by atoms with van der Waals surface area (Å²) in [6.45, 7) is 7.08. The van der Waals surface area contributed by atoms with Gasteiger partial charge in [-0.05, 0) is 19.8 Å². The summed E-state index contributed by atoms with van der Waals surface area (Å²) >= 11 is 0. The van der Waals surface area contributed by atoms with Crippen LogP contribution in [-0.4, -0.2) is 26.7 Å². The van der Waals surface area contributed by atoms with Crippen molar-refractivity contribution in [2.75, 3.05) is 5.32 Å². The fraction of sp³-hybridized carbons (Fsp3) is 0.562. The molecule has 0 bridgehead atoms. The number of hydrogen-bond acceptors (Lipinski definition) is 4. The van der Waals surface area contributed by atoms with Crippen molar-refractivity contribution in [2.45, 2.75) is 59.0 Å². The molecule has 0 atom stereocenters. The van der Waals surface area contributed by atoms with E-state index in [4.69, 9.17) is 5.73 Å². The van der Waals surface area contributed by atoms with Crippen LogP contribution in [0.15, 0.2) is 12.4 Å². The van der Waals surface area contributed by atoms with Gasteiger partial charge in [-0.3, -0.25) is 4.79 Å². The lowest BCUT2D eigenvalue weighted by Crippen LogP contribution is -2.23. The first-order valence-corrected chi connectivity index (χ1v) is 8.03. The van der Waals surface area contributed by atoms with Gasteiger partial charge in [-0.2, -0.15) is 5.10 Å². The third-order valence-corrected chi connectivity index (χ3v) is 3.85. The average molecular weight is 303 g/mol. The SMILES string of the molecule is CCCC(CCC)Nc1c(C(N)=O)cnc2c1cnn2CC. The van der Waals surface area contributed by atoms with E-state index in [0.717, 1.165) is 48.9 Å². The molecule has 2 rings (SSSR count). The first-order chi connectivity index (χ1) is 10.6. The van der Waals surface area contributed by atoms with Gasteiger partial charge in [0, 0.05) is 18.8 Å². The molecular formula is C16H25N5O. The molecule has 1 amide bonds. The van der Waals surface area contributed by atoms with Gasteiger partial charge < -0.3 is 11.1 Å². The van der Waals surface area contributed by atoms with E-state index < -0.39 is 5.91 Å². The molecular weight excluding hydrogens is 278 g/mol. The zero-order chi connectivity index (χ0) is 16.1. The van der Waals surface area contributed by atoms with E-state index in [-0.39, 0.29) is 0 Å². The summed E-state index contributed by atoms with van der Waals surface area (Å²) < 4.78 is 1.82. The Morgan fingerprint density at radius 2 is 1.95 bits per heavy atom. The molecule has 0 aliphatic rings. The highest BCUT2D eigenvalue weighted by Gasteiger charge is 2.18. The van der Waals surface area contributed by atoms with E-state index >= 15 is 0 Å². The highest BCUT2D eigenvalue weighted by Crippen LogP contribution is 2.27. The minimum Gasteiger partial charge on any atom is -0.381 e. The normalized spacial score (nSPS) is 11.3. The van der Waals surface area contributed by atoms with Gasteiger partial charge in [0.1, 0.15) is 0 Å². The molecule has 22 heavy (non-hydrogen) atoms. The first kappa shape index (κ1) is 16.3. The van der Waals surface area contributed by atoms with Crippen LogP contribution in [-0.2, 0) is 6.54 Å². The molecule has 120 valence electrons. The highest BCUT2D eigenvalue weighted by molar-refractivity contribution is 6.05. The first-order valence-electron chi connectivity index (χ1n) is 8.03. The summed E-state index contributed by atoms with van der Waals surface area (Å²) in [6.07, 6.45) is 7.60. The van der Waals surface area contributed by atoms with E-state index in [1.807, 2.05) is 11.6 Å². The number of carbonyl (C=O) groups is 1. The topological polar surface area (TPSA) is 85.8 Å². The van der Waals surface area contributed by atoms with E-state index in [1.165, 1.54) is 0 Å². The molecule has 3 N–H and O–H groups in total. The minimum atomic E-state index is -0.465. The molecule has 0 spiro atoms. The number of nitrogens with one attached hydrogen (secondary N) is 1. The van der Waals surface area contributed by atoms with Crippen molar-refractivity contribution in [2.24, 2.45) is 5.73 Å². The summed E-state index contributed by atoms with van der Waals surface area (Å²) in [7, 11) is 0. The Balaban J connectivity index is 2.49. The van der Waals surface area contributed by atoms with Gasteiger partial charge in [0.15, 0.2) is 5.65 Å². The Hall–Kier alpha value is -2.11. The zero-order valence-corrected chi connectivity index (χ0v) is 13.6. The van der Waals surface area contributed by atoms with Crippen molar-refractivity contribution >= 4 is 22.6 Å². The van der Waals surface area contributed by atoms with Crippen molar-refractivity contribution in [3.8, 4) is 0 Å². The molecule has 2 aromatic rings. The molecule has 0 unspecified atom stereocenters. The lowest BCUT2D eigenvalue weighted by molar-refractivity contribution is 0.100. The lowest BCUT2D eigenvalue weighted by Gasteiger charge is -2.20. The van der Waals surface area contributed by atoms with Crippen molar-refractivity contribution in [1.29, 1.82) is 0 Å². The monoisotopic (exact) mass is 303 g/mol. The molecule has 0 fully saturated rings. The summed E-state index contributed by atoms with van der Waals surface area (Å²) in [4.78, 5) is 16.1. The van der Waals surface area contributed by atoms with Crippen LogP contribution in [0.4, 0.5) is 5.69 Å². The van der Waals surface area contributed by atoms with Crippen LogP contribution < -0.4 is 11.1 Å². The third-order valence-electron chi connectivity index (χ3n) is 3.85. The summed E-state index contributed by atoms with van der Waals surface area (Å²) in [5.41, 5.74) is 7.50. The van der Waals surface area contributed by atoms with Gasteiger partial charge in [0.25, 0.3) is 5.91 Å². The number of carbonyl (C=O) groups excluding carboxylic acids is 1. The van der Waals surface area contributed by atoms with Crippen molar-refractivity contribution < 1.29 is 4.79 Å². The molecule has 0 saturated carbocycles. The van der Waals surface area contributed by atoms with Crippen molar-refractivity contribution in [3.05, 3.63) is 18.0 Å². The summed E-state index contributed by atoms with van der Waals surface area (Å²) in [5, 5.41) is 8.71. The van der Waals surface area contributed by atoms with Crippen molar-refractivity contribution in [1.82, 2.24) is 14.8 Å². The molecule has 0 aromatic carbocycles. The fourth-order valence-electron chi connectivity index (χ4n) is 2.79. The van der Waals surface area contributed by atoms with Crippen LogP contribution in [0, 0.1) is 0 Å². The van der Waals surface area contributed by atoms with Crippen LogP contribution in [0.2, 0.25) is 0 Å². The number of aromatic nitrogens is 3. The predicted molar refractivity (Wildman–Crippen MR) is 88.9 cm³/mol. The molecule has 2 aromatic heterocycles. The predicted octanol–water partition coefficient (Wildman–Crippen LogP) is 2.93. The maximum Gasteiger partial charge on any atom is 0.252 e. The zero-order valence-electron chi connectivity index (χ0n) is 13.6. The fourth-order valence-corrected chi connectivity index (χ4v) is 2.79. The highest BCUT2D eigenvalue weighted by atomic mass is 16.1. The number of fused-ring (bicyclic) bond motifs is 1. The van der Waals surface area contributed by atoms with Crippen molar-refractivity contribution in [3.63, 3.8) is 0 Å². The number of hydrogen-bond donors (Lipinski definition) is 2. The second-order valence-electron chi connectivity index (χ2n) is 5.53. The number of pyridine rings is 1. The molecule has 6 nitrogen and oxygen atoms in total. The summed E-state index contributed by atoms with van der Waals surface area (Å²) in [6, 6.07) is 0.323. The molecule has 0 saturated heterocycles. The van der Waals surface area contributed by atoms with Gasteiger partial charge in [-0.15, -0.1) is 0 Å². The van der Waals surface area contributed by atoms with Gasteiger partial charge in [0.05, 0.1) is 22.8 Å². The van der Waals surface area contributed by atoms with E-state index in [0.29, 0.717) is 11.6 Å². The van der Waals surface area contributed by atoms with Gasteiger partial charge in [-0.25, -0.2) is 9.67 Å². The van der Waals surface area contributed by atoms with Crippen LogP contribution in [0.25, 0.3) is 11.0 Å². The Bertz CT molecular complexity index is 643. The number of nitrogens with two attached hydrogens (primary N) is 1. The largest absolute Gasteiger partial charge is 0.381 e. The Morgan fingerprint density at radius 1 is 1.27 bits per heavy atom. The van der Waals surface area contributed by atoms with Crippen LogP contribution in [0.1, 0.15) is 56.8 Å². The minimum absolute atomic E-state index is 0.323. The van der Waals surface area contributed by atoms with Crippen LogP contribution >= 0.6 is 0 Å².